The first-order valence-corrected chi connectivity index (χ1v) is 10.5. The highest BCUT2D eigenvalue weighted by molar-refractivity contribution is 5.79. The molecule has 2 aromatic rings. The maximum absolute atomic E-state index is 12.4. The van der Waals surface area contributed by atoms with Crippen LogP contribution in [0.2, 0.25) is 0 Å². The van der Waals surface area contributed by atoms with Gasteiger partial charge in [0.2, 0.25) is 11.8 Å². The Morgan fingerprint density at radius 3 is 2.38 bits per heavy atom. The molecule has 0 unspecified atom stereocenters. The minimum Gasteiger partial charge on any atom is -0.355 e. The molecule has 1 heterocycles. The van der Waals surface area contributed by atoms with E-state index in [0.717, 1.165) is 37.9 Å². The van der Waals surface area contributed by atoms with Crippen molar-refractivity contribution in [3.63, 3.8) is 0 Å². The molecule has 5 heteroatoms. The van der Waals surface area contributed by atoms with E-state index in [-0.39, 0.29) is 17.7 Å². The molecule has 0 aliphatic carbocycles. The number of likely N-dealkylation sites (tertiary alicyclic amines) is 1. The van der Waals surface area contributed by atoms with E-state index in [1.54, 1.807) is 0 Å². The van der Waals surface area contributed by atoms with E-state index in [0.29, 0.717) is 19.6 Å². The quantitative estimate of drug-likeness (QED) is 0.725. The lowest BCUT2D eigenvalue weighted by Crippen LogP contribution is -2.44. The molecule has 1 aliphatic heterocycles. The first-order chi connectivity index (χ1) is 14.1. The molecule has 0 radical (unpaired) electrons. The Labute approximate surface area is 173 Å². The minimum atomic E-state index is 0.0408. The summed E-state index contributed by atoms with van der Waals surface area (Å²) in [6.07, 6.45) is 2.45. The van der Waals surface area contributed by atoms with Crippen LogP contribution < -0.4 is 10.6 Å². The molecule has 2 N–H and O–H groups in total. The van der Waals surface area contributed by atoms with Gasteiger partial charge in [-0.05, 0) is 56.0 Å². The van der Waals surface area contributed by atoms with Gasteiger partial charge in [0.25, 0.3) is 0 Å². The van der Waals surface area contributed by atoms with Crippen molar-refractivity contribution < 1.29 is 9.59 Å². The summed E-state index contributed by atoms with van der Waals surface area (Å²) in [5.74, 6) is 0.223. The molecule has 0 spiro atoms. The van der Waals surface area contributed by atoms with Gasteiger partial charge in [-0.25, -0.2) is 0 Å². The van der Waals surface area contributed by atoms with Crippen molar-refractivity contribution in [3.8, 4) is 0 Å². The maximum atomic E-state index is 12.4. The van der Waals surface area contributed by atoms with Crippen LogP contribution in [-0.2, 0) is 22.6 Å². The number of benzene rings is 2. The van der Waals surface area contributed by atoms with Gasteiger partial charge in [0.05, 0.1) is 6.54 Å². The predicted molar refractivity (Wildman–Crippen MR) is 115 cm³/mol. The third-order valence-corrected chi connectivity index (χ3v) is 5.61. The highest BCUT2D eigenvalue weighted by Gasteiger charge is 2.25. The zero-order valence-corrected chi connectivity index (χ0v) is 17.2. The Morgan fingerprint density at radius 1 is 0.966 bits per heavy atom. The second-order valence-corrected chi connectivity index (χ2v) is 7.78. The molecule has 29 heavy (non-hydrogen) atoms. The van der Waals surface area contributed by atoms with E-state index in [4.69, 9.17) is 0 Å². The molecule has 1 fully saturated rings. The lowest BCUT2D eigenvalue weighted by molar-refractivity contribution is -0.127. The molecular weight excluding hydrogens is 362 g/mol. The largest absolute Gasteiger partial charge is 0.355 e. The number of piperidine rings is 1. The van der Waals surface area contributed by atoms with Crippen molar-refractivity contribution in [1.82, 2.24) is 15.5 Å². The van der Waals surface area contributed by atoms with Crippen LogP contribution in [0.1, 0.15) is 29.5 Å². The van der Waals surface area contributed by atoms with Gasteiger partial charge in [-0.2, -0.15) is 0 Å². The van der Waals surface area contributed by atoms with Crippen LogP contribution in [0.4, 0.5) is 0 Å². The fraction of sp³-hybridized carbons (Fsp3) is 0.417. The standard InChI is InChI=1S/C24H31N3O2/c1-19-7-5-6-10-21(19)11-14-25-23(28)18-27-15-12-22(13-16-27)24(29)26-17-20-8-3-2-4-9-20/h2-10,22H,11-18H2,1H3,(H,25,28)(H,26,29). The van der Waals surface area contributed by atoms with E-state index in [1.807, 2.05) is 42.5 Å². The van der Waals surface area contributed by atoms with Crippen LogP contribution in [0.3, 0.4) is 0 Å². The fourth-order valence-electron chi connectivity index (χ4n) is 3.77. The average Bonchev–Trinajstić information content (AvgIpc) is 2.75. The van der Waals surface area contributed by atoms with Crippen LogP contribution in [0.5, 0.6) is 0 Å². The van der Waals surface area contributed by atoms with Gasteiger partial charge < -0.3 is 10.6 Å². The average molecular weight is 394 g/mol. The van der Waals surface area contributed by atoms with Crippen molar-refractivity contribution in [2.24, 2.45) is 5.92 Å². The number of hydrogen-bond acceptors (Lipinski definition) is 3. The third-order valence-electron chi connectivity index (χ3n) is 5.61. The monoisotopic (exact) mass is 393 g/mol. The normalized spacial score (nSPS) is 15.1. The van der Waals surface area contributed by atoms with Gasteiger partial charge in [0.15, 0.2) is 0 Å². The Hall–Kier alpha value is -2.66. The highest BCUT2D eigenvalue weighted by Crippen LogP contribution is 2.17. The number of nitrogens with zero attached hydrogens (tertiary/aromatic N) is 1. The van der Waals surface area contributed by atoms with Gasteiger partial charge in [-0.1, -0.05) is 54.6 Å². The molecule has 1 aliphatic rings. The highest BCUT2D eigenvalue weighted by atomic mass is 16.2. The second-order valence-electron chi connectivity index (χ2n) is 7.78. The van der Waals surface area contributed by atoms with Gasteiger partial charge in [-0.15, -0.1) is 0 Å². The molecule has 0 saturated carbocycles. The molecule has 5 nitrogen and oxygen atoms in total. The van der Waals surface area contributed by atoms with E-state index in [2.05, 4.69) is 34.6 Å². The predicted octanol–water partition coefficient (Wildman–Crippen LogP) is 2.68. The summed E-state index contributed by atoms with van der Waals surface area (Å²) in [6.45, 7) is 5.30. The third kappa shape index (κ3) is 6.71. The number of carbonyl (C=O) groups is 2. The summed E-state index contributed by atoms with van der Waals surface area (Å²) in [4.78, 5) is 26.8. The molecule has 0 aromatic heterocycles. The van der Waals surface area contributed by atoms with E-state index in [1.165, 1.54) is 11.1 Å². The number of hydrogen-bond donors (Lipinski definition) is 2. The van der Waals surface area contributed by atoms with Crippen molar-refractivity contribution in [2.75, 3.05) is 26.2 Å². The number of amides is 2. The van der Waals surface area contributed by atoms with E-state index >= 15 is 0 Å². The SMILES string of the molecule is Cc1ccccc1CCNC(=O)CN1CCC(C(=O)NCc2ccccc2)CC1. The summed E-state index contributed by atoms with van der Waals surface area (Å²) in [6, 6.07) is 18.2. The van der Waals surface area contributed by atoms with E-state index in [9.17, 15) is 9.59 Å². The fourth-order valence-corrected chi connectivity index (χ4v) is 3.77. The summed E-state index contributed by atoms with van der Waals surface area (Å²) in [7, 11) is 0. The number of aryl methyl sites for hydroxylation is 1. The molecule has 154 valence electrons. The maximum Gasteiger partial charge on any atom is 0.234 e. The second kappa shape index (κ2) is 10.8. The van der Waals surface area contributed by atoms with Gasteiger partial charge >= 0.3 is 0 Å². The van der Waals surface area contributed by atoms with Gasteiger partial charge in [-0.3, -0.25) is 14.5 Å². The zero-order chi connectivity index (χ0) is 20.5. The molecule has 0 bridgehead atoms. The molecule has 0 atom stereocenters. The Balaban J connectivity index is 1.32. The topological polar surface area (TPSA) is 61.4 Å². The van der Waals surface area contributed by atoms with Crippen molar-refractivity contribution in [2.45, 2.75) is 32.7 Å². The Kier molecular flexibility index (Phi) is 7.82. The van der Waals surface area contributed by atoms with Crippen molar-refractivity contribution in [3.05, 3.63) is 71.3 Å². The summed E-state index contributed by atoms with van der Waals surface area (Å²) in [5, 5.41) is 6.05. The van der Waals surface area contributed by atoms with Gasteiger partial charge in [0.1, 0.15) is 0 Å². The molecule has 1 saturated heterocycles. The Bertz CT molecular complexity index is 799. The lowest BCUT2D eigenvalue weighted by Gasteiger charge is -2.30. The summed E-state index contributed by atoms with van der Waals surface area (Å²) >= 11 is 0. The van der Waals surface area contributed by atoms with Crippen LogP contribution in [0.25, 0.3) is 0 Å². The summed E-state index contributed by atoms with van der Waals surface area (Å²) in [5.41, 5.74) is 3.64. The number of nitrogens with one attached hydrogen (secondary N) is 2. The molecular formula is C24H31N3O2. The Morgan fingerprint density at radius 2 is 1.66 bits per heavy atom. The first kappa shape index (κ1) is 21.1. The molecule has 2 amide bonds. The smallest absolute Gasteiger partial charge is 0.234 e. The summed E-state index contributed by atoms with van der Waals surface area (Å²) < 4.78 is 0. The molecule has 3 rings (SSSR count). The van der Waals surface area contributed by atoms with Crippen LogP contribution >= 0.6 is 0 Å². The van der Waals surface area contributed by atoms with Gasteiger partial charge in [0, 0.05) is 19.0 Å². The zero-order valence-electron chi connectivity index (χ0n) is 17.2. The first-order valence-electron chi connectivity index (χ1n) is 10.5. The minimum absolute atomic E-state index is 0.0408. The van der Waals surface area contributed by atoms with Crippen LogP contribution in [-0.4, -0.2) is 42.9 Å². The molecule has 2 aromatic carbocycles. The number of carbonyl (C=O) groups excluding carboxylic acids is 2. The van der Waals surface area contributed by atoms with E-state index < -0.39 is 0 Å². The van der Waals surface area contributed by atoms with Crippen molar-refractivity contribution in [1.29, 1.82) is 0 Å². The van der Waals surface area contributed by atoms with Crippen LogP contribution in [0.15, 0.2) is 54.6 Å². The number of rotatable bonds is 8. The van der Waals surface area contributed by atoms with Crippen molar-refractivity contribution >= 4 is 11.8 Å². The van der Waals surface area contributed by atoms with Crippen LogP contribution in [0, 0.1) is 12.8 Å². The lowest BCUT2D eigenvalue weighted by atomic mass is 9.96.